The first kappa shape index (κ1) is 11.5. The van der Waals surface area contributed by atoms with Crippen molar-refractivity contribution in [2.24, 2.45) is 5.92 Å². The van der Waals surface area contributed by atoms with Gasteiger partial charge in [0.05, 0.1) is 12.2 Å². The molecular formula is C14H20O2. The summed E-state index contributed by atoms with van der Waals surface area (Å²) in [6.07, 6.45) is 2.84. The standard InChI is InChI=1S/C14H20O2/c1-3-16-13-6-4-5-12(9-13)14(15)8-7-11(2)10-14/h4-6,9,11,15H,3,7-8,10H2,1-2H3. The molecule has 1 aromatic carbocycles. The van der Waals surface area contributed by atoms with Crippen LogP contribution in [0.15, 0.2) is 24.3 Å². The average Bonchev–Trinajstić information content (AvgIpc) is 2.61. The molecule has 88 valence electrons. The van der Waals surface area contributed by atoms with Crippen LogP contribution in [-0.2, 0) is 5.60 Å². The van der Waals surface area contributed by atoms with Gasteiger partial charge in [-0.15, -0.1) is 0 Å². The Morgan fingerprint density at radius 1 is 1.50 bits per heavy atom. The van der Waals surface area contributed by atoms with E-state index >= 15 is 0 Å². The highest BCUT2D eigenvalue weighted by molar-refractivity contribution is 5.33. The van der Waals surface area contributed by atoms with Crippen LogP contribution in [0, 0.1) is 5.92 Å². The van der Waals surface area contributed by atoms with Crippen LogP contribution in [0.1, 0.15) is 38.7 Å². The molecule has 1 aliphatic carbocycles. The van der Waals surface area contributed by atoms with E-state index in [1.165, 1.54) is 0 Å². The zero-order chi connectivity index (χ0) is 11.6. The summed E-state index contributed by atoms with van der Waals surface area (Å²) in [6.45, 7) is 4.83. The van der Waals surface area contributed by atoms with Crippen molar-refractivity contribution in [2.75, 3.05) is 6.61 Å². The quantitative estimate of drug-likeness (QED) is 0.848. The minimum atomic E-state index is -0.632. The van der Waals surface area contributed by atoms with E-state index in [9.17, 15) is 5.11 Å². The van der Waals surface area contributed by atoms with Crippen molar-refractivity contribution in [3.8, 4) is 5.75 Å². The highest BCUT2D eigenvalue weighted by Crippen LogP contribution is 2.42. The Morgan fingerprint density at radius 2 is 2.31 bits per heavy atom. The zero-order valence-electron chi connectivity index (χ0n) is 10.1. The van der Waals surface area contributed by atoms with Gasteiger partial charge in [0.15, 0.2) is 0 Å². The number of hydrogen-bond acceptors (Lipinski definition) is 2. The molecule has 0 aromatic heterocycles. The molecule has 0 spiro atoms. The Balaban J connectivity index is 2.22. The Kier molecular flexibility index (Phi) is 3.20. The number of benzene rings is 1. The highest BCUT2D eigenvalue weighted by Gasteiger charge is 2.36. The molecule has 1 fully saturated rings. The van der Waals surface area contributed by atoms with Crippen LogP contribution >= 0.6 is 0 Å². The van der Waals surface area contributed by atoms with Crippen molar-refractivity contribution in [1.82, 2.24) is 0 Å². The van der Waals surface area contributed by atoms with Gasteiger partial charge in [0.25, 0.3) is 0 Å². The van der Waals surface area contributed by atoms with Crippen LogP contribution in [0.25, 0.3) is 0 Å². The van der Waals surface area contributed by atoms with Crippen molar-refractivity contribution in [1.29, 1.82) is 0 Å². The Morgan fingerprint density at radius 3 is 2.94 bits per heavy atom. The van der Waals surface area contributed by atoms with Gasteiger partial charge in [-0.05, 0) is 49.8 Å². The van der Waals surface area contributed by atoms with Crippen molar-refractivity contribution in [2.45, 2.75) is 38.7 Å². The Bertz CT molecular complexity index is 362. The molecule has 1 aromatic rings. The van der Waals surface area contributed by atoms with E-state index in [1.807, 2.05) is 31.2 Å². The summed E-state index contributed by atoms with van der Waals surface area (Å²) in [6, 6.07) is 7.87. The molecule has 0 saturated heterocycles. The SMILES string of the molecule is CCOc1cccc(C2(O)CCC(C)C2)c1. The molecule has 0 amide bonds. The molecule has 2 unspecified atom stereocenters. The first-order valence-corrected chi connectivity index (χ1v) is 6.10. The van der Waals surface area contributed by atoms with Crippen molar-refractivity contribution < 1.29 is 9.84 Å². The molecule has 0 bridgehead atoms. The van der Waals surface area contributed by atoms with Crippen LogP contribution in [0.5, 0.6) is 5.75 Å². The van der Waals surface area contributed by atoms with E-state index in [1.54, 1.807) is 0 Å². The van der Waals surface area contributed by atoms with Crippen LogP contribution in [0.4, 0.5) is 0 Å². The second-order valence-electron chi connectivity index (χ2n) is 4.84. The smallest absolute Gasteiger partial charge is 0.119 e. The van der Waals surface area contributed by atoms with Gasteiger partial charge in [-0.25, -0.2) is 0 Å². The summed E-state index contributed by atoms with van der Waals surface area (Å²) in [5.74, 6) is 1.47. The summed E-state index contributed by atoms with van der Waals surface area (Å²) >= 11 is 0. The first-order chi connectivity index (χ1) is 7.64. The normalized spacial score (nSPS) is 29.3. The van der Waals surface area contributed by atoms with E-state index in [-0.39, 0.29) is 0 Å². The van der Waals surface area contributed by atoms with Crippen LogP contribution in [0.2, 0.25) is 0 Å². The largest absolute Gasteiger partial charge is 0.494 e. The lowest BCUT2D eigenvalue weighted by Gasteiger charge is -2.23. The van der Waals surface area contributed by atoms with E-state index < -0.39 is 5.60 Å². The van der Waals surface area contributed by atoms with Gasteiger partial charge in [-0.3, -0.25) is 0 Å². The number of ether oxygens (including phenoxy) is 1. The topological polar surface area (TPSA) is 29.5 Å². The first-order valence-electron chi connectivity index (χ1n) is 6.10. The molecule has 1 N–H and O–H groups in total. The minimum Gasteiger partial charge on any atom is -0.494 e. The fraction of sp³-hybridized carbons (Fsp3) is 0.571. The van der Waals surface area contributed by atoms with Gasteiger partial charge in [0, 0.05) is 0 Å². The number of rotatable bonds is 3. The molecule has 2 rings (SSSR count). The molecule has 1 saturated carbocycles. The van der Waals surface area contributed by atoms with Crippen LogP contribution in [-0.4, -0.2) is 11.7 Å². The van der Waals surface area contributed by atoms with Gasteiger partial charge in [0.2, 0.25) is 0 Å². The molecule has 0 aliphatic heterocycles. The molecule has 0 heterocycles. The molecule has 0 radical (unpaired) electrons. The lowest BCUT2D eigenvalue weighted by molar-refractivity contribution is 0.0405. The zero-order valence-corrected chi connectivity index (χ0v) is 10.1. The molecule has 2 nitrogen and oxygen atoms in total. The van der Waals surface area contributed by atoms with Crippen molar-refractivity contribution in [3.63, 3.8) is 0 Å². The van der Waals surface area contributed by atoms with E-state index in [0.717, 1.165) is 30.6 Å². The monoisotopic (exact) mass is 220 g/mol. The van der Waals surface area contributed by atoms with E-state index in [4.69, 9.17) is 4.74 Å². The van der Waals surface area contributed by atoms with Gasteiger partial charge in [-0.1, -0.05) is 19.1 Å². The lowest BCUT2D eigenvalue weighted by atomic mass is 9.91. The average molecular weight is 220 g/mol. The summed E-state index contributed by atoms with van der Waals surface area (Å²) in [5, 5.41) is 10.6. The third kappa shape index (κ3) is 2.22. The highest BCUT2D eigenvalue weighted by atomic mass is 16.5. The second kappa shape index (κ2) is 4.46. The maximum Gasteiger partial charge on any atom is 0.119 e. The predicted molar refractivity (Wildman–Crippen MR) is 64.5 cm³/mol. The third-order valence-electron chi connectivity index (χ3n) is 3.42. The van der Waals surface area contributed by atoms with Gasteiger partial charge in [-0.2, -0.15) is 0 Å². The fourth-order valence-electron chi connectivity index (χ4n) is 2.57. The predicted octanol–water partition coefficient (Wildman–Crippen LogP) is 3.09. The fourth-order valence-corrected chi connectivity index (χ4v) is 2.57. The Labute approximate surface area is 97.3 Å². The summed E-state index contributed by atoms with van der Waals surface area (Å²) in [7, 11) is 0. The Hall–Kier alpha value is -1.02. The maximum absolute atomic E-state index is 10.6. The van der Waals surface area contributed by atoms with Crippen LogP contribution in [0.3, 0.4) is 0 Å². The summed E-state index contributed by atoms with van der Waals surface area (Å²) in [4.78, 5) is 0. The van der Waals surface area contributed by atoms with Gasteiger partial charge < -0.3 is 9.84 Å². The number of hydrogen-bond donors (Lipinski definition) is 1. The van der Waals surface area contributed by atoms with Gasteiger partial charge >= 0.3 is 0 Å². The second-order valence-corrected chi connectivity index (χ2v) is 4.84. The van der Waals surface area contributed by atoms with Crippen molar-refractivity contribution in [3.05, 3.63) is 29.8 Å². The summed E-state index contributed by atoms with van der Waals surface area (Å²) < 4.78 is 5.47. The van der Waals surface area contributed by atoms with E-state index in [2.05, 4.69) is 6.92 Å². The minimum absolute atomic E-state index is 0.612. The van der Waals surface area contributed by atoms with Crippen LogP contribution < -0.4 is 4.74 Å². The third-order valence-corrected chi connectivity index (χ3v) is 3.42. The molecular weight excluding hydrogens is 200 g/mol. The maximum atomic E-state index is 10.6. The van der Waals surface area contributed by atoms with E-state index in [0.29, 0.717) is 12.5 Å². The van der Waals surface area contributed by atoms with Gasteiger partial charge in [0.1, 0.15) is 5.75 Å². The lowest BCUT2D eigenvalue weighted by Crippen LogP contribution is -2.21. The summed E-state index contributed by atoms with van der Waals surface area (Å²) in [5.41, 5.74) is 0.370. The number of aliphatic hydroxyl groups is 1. The molecule has 16 heavy (non-hydrogen) atoms. The van der Waals surface area contributed by atoms with Crippen molar-refractivity contribution >= 4 is 0 Å². The molecule has 2 heteroatoms. The molecule has 1 aliphatic rings. The molecule has 2 atom stereocenters.